The van der Waals surface area contributed by atoms with Crippen LogP contribution in [0.5, 0.6) is 5.75 Å². The molecule has 0 atom stereocenters. The van der Waals surface area contributed by atoms with E-state index in [1.165, 1.54) is 25.7 Å². The van der Waals surface area contributed by atoms with Crippen molar-refractivity contribution < 1.29 is 19.1 Å². The zero-order valence-corrected chi connectivity index (χ0v) is 25.2. The van der Waals surface area contributed by atoms with Crippen LogP contribution in [0.15, 0.2) is 42.6 Å². The van der Waals surface area contributed by atoms with Gasteiger partial charge in [0.15, 0.2) is 0 Å². The van der Waals surface area contributed by atoms with Gasteiger partial charge in [0.2, 0.25) is 11.8 Å². The molecule has 2 aromatic rings. The number of aromatic nitrogens is 1. The van der Waals surface area contributed by atoms with Crippen molar-refractivity contribution in [2.75, 3.05) is 33.9 Å². The lowest BCUT2D eigenvalue weighted by atomic mass is 10.0. The number of rotatable bonds is 18. The number of ether oxygens (including phenoxy) is 2. The lowest BCUT2D eigenvalue weighted by Crippen LogP contribution is -2.50. The van der Waals surface area contributed by atoms with Crippen molar-refractivity contribution in [2.45, 2.75) is 97.7 Å². The third-order valence-corrected chi connectivity index (χ3v) is 7.08. The Labute approximate surface area is 236 Å². The SMILES string of the molecule is CCCCCCCCCC(=O)N(CCOC)CC(=O)N(Cc1cccn1Cc1cccc(OC)c1)C(C)(C)C. The van der Waals surface area contributed by atoms with Gasteiger partial charge in [-0.15, -0.1) is 0 Å². The van der Waals surface area contributed by atoms with Crippen LogP contribution in [0.2, 0.25) is 0 Å². The minimum Gasteiger partial charge on any atom is -0.497 e. The molecule has 0 N–H and O–H groups in total. The van der Waals surface area contributed by atoms with Crippen molar-refractivity contribution >= 4 is 11.8 Å². The molecule has 1 aromatic heterocycles. The van der Waals surface area contributed by atoms with E-state index < -0.39 is 5.54 Å². The number of methoxy groups -OCH3 is 2. The molecule has 1 aromatic carbocycles. The number of amides is 2. The number of hydrogen-bond acceptors (Lipinski definition) is 4. The fraction of sp³-hybridized carbons (Fsp3) is 0.625. The lowest BCUT2D eigenvalue weighted by molar-refractivity contribution is -0.144. The van der Waals surface area contributed by atoms with Gasteiger partial charge in [0.05, 0.1) is 26.8 Å². The molecule has 0 saturated carbocycles. The molecule has 0 aliphatic heterocycles. The molecule has 7 nitrogen and oxygen atoms in total. The first-order valence-corrected chi connectivity index (χ1v) is 14.5. The molecule has 2 rings (SSSR count). The highest BCUT2D eigenvalue weighted by molar-refractivity contribution is 5.85. The van der Waals surface area contributed by atoms with Gasteiger partial charge in [-0.25, -0.2) is 0 Å². The Morgan fingerprint density at radius 2 is 1.64 bits per heavy atom. The minimum absolute atomic E-state index is 0.0317. The Hall–Kier alpha value is -2.80. The van der Waals surface area contributed by atoms with Gasteiger partial charge in [-0.3, -0.25) is 9.59 Å². The monoisotopic (exact) mass is 541 g/mol. The predicted molar refractivity (Wildman–Crippen MR) is 158 cm³/mol. The van der Waals surface area contributed by atoms with Crippen LogP contribution in [0.3, 0.4) is 0 Å². The van der Waals surface area contributed by atoms with E-state index in [-0.39, 0.29) is 18.4 Å². The second-order valence-corrected chi connectivity index (χ2v) is 11.3. The highest BCUT2D eigenvalue weighted by atomic mass is 16.5. The summed E-state index contributed by atoms with van der Waals surface area (Å²) in [6.45, 7) is 10.4. The van der Waals surface area contributed by atoms with E-state index in [0.29, 0.717) is 32.7 Å². The molecule has 0 radical (unpaired) electrons. The minimum atomic E-state index is -0.406. The summed E-state index contributed by atoms with van der Waals surface area (Å²) in [7, 11) is 3.29. The first kappa shape index (κ1) is 32.4. The van der Waals surface area contributed by atoms with Gasteiger partial charge in [-0.1, -0.05) is 57.6 Å². The number of carbonyl (C=O) groups excluding carboxylic acids is 2. The van der Waals surface area contributed by atoms with E-state index in [9.17, 15) is 9.59 Å². The molecule has 1 heterocycles. The summed E-state index contributed by atoms with van der Waals surface area (Å²) < 4.78 is 12.8. The maximum atomic E-state index is 13.7. The highest BCUT2D eigenvalue weighted by Gasteiger charge is 2.29. The van der Waals surface area contributed by atoms with E-state index in [2.05, 4.69) is 23.6 Å². The quantitative estimate of drug-likeness (QED) is 0.208. The van der Waals surface area contributed by atoms with Crippen molar-refractivity contribution in [1.29, 1.82) is 0 Å². The number of benzene rings is 1. The second kappa shape index (κ2) is 17.0. The molecule has 2 amide bonds. The number of nitrogens with zero attached hydrogens (tertiary/aromatic N) is 3. The molecule has 218 valence electrons. The molecule has 0 unspecified atom stereocenters. The van der Waals surface area contributed by atoms with Gasteiger partial charge in [-0.05, 0) is 57.0 Å². The molecule has 0 aliphatic carbocycles. The predicted octanol–water partition coefficient (Wildman–Crippen LogP) is 6.29. The largest absolute Gasteiger partial charge is 0.497 e. The first-order chi connectivity index (χ1) is 18.7. The van der Waals surface area contributed by atoms with Crippen LogP contribution >= 0.6 is 0 Å². The summed E-state index contributed by atoms with van der Waals surface area (Å²) in [5.74, 6) is 0.801. The molecule has 0 saturated heterocycles. The Morgan fingerprint density at radius 3 is 2.31 bits per heavy atom. The van der Waals surface area contributed by atoms with Crippen molar-refractivity contribution in [1.82, 2.24) is 14.4 Å². The maximum Gasteiger partial charge on any atom is 0.242 e. The Kier molecular flexibility index (Phi) is 14.1. The molecule has 0 fully saturated rings. The zero-order chi connectivity index (χ0) is 28.7. The van der Waals surface area contributed by atoms with Crippen LogP contribution < -0.4 is 4.74 Å². The summed E-state index contributed by atoms with van der Waals surface area (Å²) in [4.78, 5) is 30.4. The second-order valence-electron chi connectivity index (χ2n) is 11.3. The smallest absolute Gasteiger partial charge is 0.242 e. The summed E-state index contributed by atoms with van der Waals surface area (Å²) in [5.41, 5.74) is 1.76. The van der Waals surface area contributed by atoms with Gasteiger partial charge in [0, 0.05) is 44.0 Å². The van der Waals surface area contributed by atoms with Crippen molar-refractivity contribution in [3.8, 4) is 5.75 Å². The Balaban J connectivity index is 2.06. The van der Waals surface area contributed by atoms with Crippen LogP contribution in [-0.2, 0) is 27.4 Å². The molecular weight excluding hydrogens is 490 g/mol. The van der Waals surface area contributed by atoms with Crippen molar-refractivity contribution in [3.63, 3.8) is 0 Å². The van der Waals surface area contributed by atoms with Gasteiger partial charge in [-0.2, -0.15) is 0 Å². The maximum absolute atomic E-state index is 13.7. The van der Waals surface area contributed by atoms with Crippen LogP contribution in [0.25, 0.3) is 0 Å². The Morgan fingerprint density at radius 1 is 0.923 bits per heavy atom. The summed E-state index contributed by atoms with van der Waals surface area (Å²) in [6, 6.07) is 12.1. The molecule has 39 heavy (non-hydrogen) atoms. The van der Waals surface area contributed by atoms with Gasteiger partial charge in [0.1, 0.15) is 5.75 Å². The van der Waals surface area contributed by atoms with Crippen LogP contribution in [0.1, 0.15) is 90.3 Å². The number of unbranched alkanes of at least 4 members (excludes halogenated alkanes) is 6. The third-order valence-electron chi connectivity index (χ3n) is 7.08. The van der Waals surface area contributed by atoms with Gasteiger partial charge < -0.3 is 23.8 Å². The fourth-order valence-electron chi connectivity index (χ4n) is 4.71. The lowest BCUT2D eigenvalue weighted by Gasteiger charge is -2.37. The highest BCUT2D eigenvalue weighted by Crippen LogP contribution is 2.21. The van der Waals surface area contributed by atoms with Crippen LogP contribution in [0.4, 0.5) is 0 Å². The van der Waals surface area contributed by atoms with E-state index >= 15 is 0 Å². The molecule has 0 bridgehead atoms. The van der Waals surface area contributed by atoms with E-state index in [0.717, 1.165) is 36.3 Å². The van der Waals surface area contributed by atoms with E-state index in [1.807, 2.05) is 56.1 Å². The molecular formula is C32H51N3O4. The topological polar surface area (TPSA) is 64.0 Å². The standard InChI is InChI=1S/C32H51N3O4/c1-7-8-9-10-11-12-13-19-30(36)34(21-22-38-5)26-31(37)35(32(2,3)4)25-28-17-15-20-33(28)24-27-16-14-18-29(23-27)39-6/h14-18,20,23H,7-13,19,21-22,24-26H2,1-6H3. The first-order valence-electron chi connectivity index (χ1n) is 14.5. The van der Waals surface area contributed by atoms with Gasteiger partial charge >= 0.3 is 0 Å². The normalized spacial score (nSPS) is 11.4. The summed E-state index contributed by atoms with van der Waals surface area (Å²) in [5, 5.41) is 0. The van der Waals surface area contributed by atoms with Crippen molar-refractivity contribution in [3.05, 3.63) is 53.9 Å². The van der Waals surface area contributed by atoms with E-state index in [4.69, 9.17) is 9.47 Å². The van der Waals surface area contributed by atoms with Gasteiger partial charge in [0.25, 0.3) is 0 Å². The third kappa shape index (κ3) is 11.5. The van der Waals surface area contributed by atoms with Crippen molar-refractivity contribution in [2.24, 2.45) is 0 Å². The average Bonchev–Trinajstić information content (AvgIpc) is 3.34. The number of hydrogen-bond donors (Lipinski definition) is 0. The molecule has 0 aliphatic rings. The summed E-state index contributed by atoms with van der Waals surface area (Å²) in [6.07, 6.45) is 10.6. The Bertz CT molecular complexity index is 995. The van der Waals surface area contributed by atoms with Crippen LogP contribution in [-0.4, -0.2) is 65.6 Å². The van der Waals surface area contributed by atoms with Crippen LogP contribution in [0, 0.1) is 0 Å². The summed E-state index contributed by atoms with van der Waals surface area (Å²) >= 11 is 0. The molecule has 0 spiro atoms. The van der Waals surface area contributed by atoms with E-state index in [1.54, 1.807) is 19.1 Å². The number of carbonyl (C=O) groups is 2. The average molecular weight is 542 g/mol. The zero-order valence-electron chi connectivity index (χ0n) is 25.2. The molecule has 7 heteroatoms. The fourth-order valence-corrected chi connectivity index (χ4v) is 4.71.